The van der Waals surface area contributed by atoms with Gasteiger partial charge < -0.3 is 9.47 Å². The zero-order valence-electron chi connectivity index (χ0n) is 14.6. The minimum Gasteiger partial charge on any atom is -0.493 e. The van der Waals surface area contributed by atoms with E-state index < -0.39 is 16.7 Å². The molecule has 0 unspecified atom stereocenters. The van der Waals surface area contributed by atoms with Gasteiger partial charge in [-0.3, -0.25) is 30.6 Å². The molecule has 0 aliphatic heterocycles. The summed E-state index contributed by atoms with van der Waals surface area (Å²) in [4.78, 5) is 33.9. The molecular formula is C18H17N3O6. The summed E-state index contributed by atoms with van der Waals surface area (Å²) < 4.78 is 10.3. The first-order valence-corrected chi connectivity index (χ1v) is 7.69. The maximum atomic E-state index is 11.9. The van der Waals surface area contributed by atoms with Crippen molar-refractivity contribution in [3.8, 4) is 11.5 Å². The third-order valence-electron chi connectivity index (χ3n) is 3.45. The van der Waals surface area contributed by atoms with Crippen molar-refractivity contribution in [2.45, 2.75) is 0 Å². The van der Waals surface area contributed by atoms with Crippen LogP contribution >= 0.6 is 0 Å². The first-order valence-electron chi connectivity index (χ1n) is 7.69. The monoisotopic (exact) mass is 371 g/mol. The van der Waals surface area contributed by atoms with Gasteiger partial charge in [0.25, 0.3) is 17.5 Å². The van der Waals surface area contributed by atoms with Crippen molar-refractivity contribution in [3.63, 3.8) is 0 Å². The first kappa shape index (κ1) is 19.4. The Hall–Kier alpha value is -3.88. The highest BCUT2D eigenvalue weighted by atomic mass is 16.6. The van der Waals surface area contributed by atoms with Crippen molar-refractivity contribution < 1.29 is 24.0 Å². The molecule has 0 heterocycles. The second-order valence-corrected chi connectivity index (χ2v) is 5.20. The molecule has 2 N–H and O–H groups in total. The van der Waals surface area contributed by atoms with Gasteiger partial charge in [-0.2, -0.15) is 0 Å². The number of benzene rings is 2. The van der Waals surface area contributed by atoms with E-state index in [-0.39, 0.29) is 11.3 Å². The van der Waals surface area contributed by atoms with Gasteiger partial charge in [0.2, 0.25) is 0 Å². The van der Waals surface area contributed by atoms with Gasteiger partial charge >= 0.3 is 0 Å². The molecule has 9 nitrogen and oxygen atoms in total. The van der Waals surface area contributed by atoms with E-state index in [4.69, 9.17) is 9.47 Å². The summed E-state index contributed by atoms with van der Waals surface area (Å²) in [5, 5.41) is 10.7. The molecule has 2 rings (SSSR count). The highest BCUT2D eigenvalue weighted by Crippen LogP contribution is 2.27. The van der Waals surface area contributed by atoms with E-state index >= 15 is 0 Å². The van der Waals surface area contributed by atoms with E-state index in [1.807, 2.05) is 0 Å². The SMILES string of the molecule is COc1ccc(/C=C/C(=O)NNC(=O)c2cccc([N+](=O)[O-])c2)cc1OC. The van der Waals surface area contributed by atoms with Crippen LogP contribution < -0.4 is 20.3 Å². The highest BCUT2D eigenvalue weighted by molar-refractivity contribution is 5.98. The smallest absolute Gasteiger partial charge is 0.270 e. The number of amides is 2. The Morgan fingerprint density at radius 3 is 2.44 bits per heavy atom. The third kappa shape index (κ3) is 5.30. The minimum atomic E-state index is -0.674. The Morgan fingerprint density at radius 2 is 1.78 bits per heavy atom. The number of ether oxygens (including phenoxy) is 2. The van der Waals surface area contributed by atoms with Crippen LogP contribution in [0.5, 0.6) is 11.5 Å². The van der Waals surface area contributed by atoms with E-state index in [1.54, 1.807) is 18.2 Å². The summed E-state index contributed by atoms with van der Waals surface area (Å²) in [6.07, 6.45) is 2.74. The number of hydrogen-bond donors (Lipinski definition) is 2. The van der Waals surface area contributed by atoms with Crippen molar-refractivity contribution >= 4 is 23.6 Å². The molecule has 2 aromatic rings. The molecule has 0 atom stereocenters. The molecular weight excluding hydrogens is 354 g/mol. The van der Waals surface area contributed by atoms with E-state index in [0.29, 0.717) is 17.1 Å². The Bertz CT molecular complexity index is 894. The molecule has 9 heteroatoms. The quantitative estimate of drug-likeness (QED) is 0.456. The van der Waals surface area contributed by atoms with Crippen LogP contribution in [0.2, 0.25) is 0 Å². The van der Waals surface area contributed by atoms with Crippen LogP contribution in [-0.4, -0.2) is 31.0 Å². The van der Waals surface area contributed by atoms with Crippen molar-refractivity contribution in [2.75, 3.05) is 14.2 Å². The lowest BCUT2D eigenvalue weighted by atomic mass is 10.2. The Morgan fingerprint density at radius 1 is 1.04 bits per heavy atom. The average molecular weight is 371 g/mol. The van der Waals surface area contributed by atoms with Gasteiger partial charge in [-0.15, -0.1) is 0 Å². The van der Waals surface area contributed by atoms with Crippen LogP contribution in [0.1, 0.15) is 15.9 Å². The van der Waals surface area contributed by atoms with E-state index in [0.717, 1.165) is 6.07 Å². The average Bonchev–Trinajstić information content (AvgIpc) is 2.70. The number of carbonyl (C=O) groups is 2. The van der Waals surface area contributed by atoms with Gasteiger partial charge in [0, 0.05) is 23.8 Å². The molecule has 27 heavy (non-hydrogen) atoms. The maximum absolute atomic E-state index is 11.9. The number of nitrogens with one attached hydrogen (secondary N) is 2. The molecule has 0 radical (unpaired) electrons. The predicted octanol–water partition coefficient (Wildman–Crippen LogP) is 2.09. The van der Waals surface area contributed by atoms with Crippen molar-refractivity contribution in [1.82, 2.24) is 10.9 Å². The highest BCUT2D eigenvalue weighted by Gasteiger charge is 2.11. The Labute approximate surface area is 154 Å². The summed E-state index contributed by atoms with van der Waals surface area (Å²) in [6.45, 7) is 0. The molecule has 140 valence electrons. The summed E-state index contributed by atoms with van der Waals surface area (Å²) in [5.74, 6) is -0.183. The number of hydrogen-bond acceptors (Lipinski definition) is 6. The van der Waals surface area contributed by atoms with Crippen LogP contribution in [0, 0.1) is 10.1 Å². The lowest BCUT2D eigenvalue weighted by molar-refractivity contribution is -0.384. The zero-order valence-corrected chi connectivity index (χ0v) is 14.6. The van der Waals surface area contributed by atoms with Crippen LogP contribution in [-0.2, 0) is 4.79 Å². The van der Waals surface area contributed by atoms with Crippen LogP contribution in [0.3, 0.4) is 0 Å². The number of nitro groups is 1. The fourth-order valence-corrected chi connectivity index (χ4v) is 2.12. The molecule has 0 bridgehead atoms. The van der Waals surface area contributed by atoms with Crippen LogP contribution in [0.15, 0.2) is 48.5 Å². The largest absolute Gasteiger partial charge is 0.493 e. The molecule has 0 aliphatic rings. The molecule has 0 fully saturated rings. The summed E-state index contributed by atoms with van der Waals surface area (Å²) >= 11 is 0. The summed E-state index contributed by atoms with van der Waals surface area (Å²) in [7, 11) is 3.02. The summed E-state index contributed by atoms with van der Waals surface area (Å²) in [6, 6.07) is 10.3. The molecule has 2 aromatic carbocycles. The van der Waals surface area contributed by atoms with Gasteiger partial charge in [0.15, 0.2) is 11.5 Å². The molecule has 0 saturated heterocycles. The fraction of sp³-hybridized carbons (Fsp3) is 0.111. The Balaban J connectivity index is 1.96. The van der Waals surface area contributed by atoms with E-state index in [2.05, 4.69) is 10.9 Å². The zero-order chi connectivity index (χ0) is 19.8. The third-order valence-corrected chi connectivity index (χ3v) is 3.45. The first-order chi connectivity index (χ1) is 12.9. The number of hydrazine groups is 1. The normalized spacial score (nSPS) is 10.3. The van der Waals surface area contributed by atoms with Crippen molar-refractivity contribution in [2.24, 2.45) is 0 Å². The number of nitro benzene ring substituents is 1. The fourth-order valence-electron chi connectivity index (χ4n) is 2.12. The van der Waals surface area contributed by atoms with Crippen LogP contribution in [0.4, 0.5) is 5.69 Å². The number of methoxy groups -OCH3 is 2. The minimum absolute atomic E-state index is 0.0494. The van der Waals surface area contributed by atoms with Gasteiger partial charge in [-0.25, -0.2) is 0 Å². The molecule has 0 spiro atoms. The molecule has 0 saturated carbocycles. The van der Waals surface area contributed by atoms with Gasteiger partial charge in [0.1, 0.15) is 0 Å². The molecule has 2 amide bonds. The molecule has 0 aromatic heterocycles. The second kappa shape index (κ2) is 8.99. The number of rotatable bonds is 6. The predicted molar refractivity (Wildman–Crippen MR) is 97.3 cm³/mol. The lowest BCUT2D eigenvalue weighted by Gasteiger charge is -2.07. The standard InChI is InChI=1S/C18H17N3O6/c1-26-15-8-6-12(10-16(15)27-2)7-9-17(22)19-20-18(23)13-4-3-5-14(11-13)21(24)25/h3-11H,1-2H3,(H,19,22)(H,20,23)/b9-7+. The number of non-ortho nitro benzene ring substituents is 1. The van der Waals surface area contributed by atoms with E-state index in [9.17, 15) is 19.7 Å². The topological polar surface area (TPSA) is 120 Å². The number of carbonyl (C=O) groups excluding carboxylic acids is 2. The van der Waals surface area contributed by atoms with Crippen molar-refractivity contribution in [3.05, 3.63) is 69.8 Å². The van der Waals surface area contributed by atoms with Crippen molar-refractivity contribution in [1.29, 1.82) is 0 Å². The van der Waals surface area contributed by atoms with E-state index in [1.165, 1.54) is 44.6 Å². The Kier molecular flexibility index (Phi) is 6.48. The van der Waals surface area contributed by atoms with Gasteiger partial charge in [-0.1, -0.05) is 12.1 Å². The van der Waals surface area contributed by atoms with Crippen LogP contribution in [0.25, 0.3) is 6.08 Å². The lowest BCUT2D eigenvalue weighted by Crippen LogP contribution is -2.40. The van der Waals surface area contributed by atoms with Gasteiger partial charge in [-0.05, 0) is 29.8 Å². The maximum Gasteiger partial charge on any atom is 0.270 e. The van der Waals surface area contributed by atoms with Gasteiger partial charge in [0.05, 0.1) is 19.1 Å². The number of nitrogens with zero attached hydrogens (tertiary/aromatic N) is 1. The second-order valence-electron chi connectivity index (χ2n) is 5.20. The molecule has 0 aliphatic carbocycles. The summed E-state index contributed by atoms with van der Waals surface area (Å²) in [5.41, 5.74) is 4.90.